The molecule has 0 aliphatic carbocycles. The molecule has 130 valence electrons. The van der Waals surface area contributed by atoms with Gasteiger partial charge in [-0.25, -0.2) is 0 Å². The fourth-order valence-corrected chi connectivity index (χ4v) is 3.83. The summed E-state index contributed by atoms with van der Waals surface area (Å²) in [5, 5.41) is 13.5. The average molecular weight is 382 g/mol. The Hall–Kier alpha value is -2.82. The molecule has 1 heterocycles. The Morgan fingerprint density at radius 1 is 1.08 bits per heavy atom. The van der Waals surface area contributed by atoms with E-state index >= 15 is 0 Å². The smallest absolute Gasteiger partial charge is 0.264 e. The summed E-state index contributed by atoms with van der Waals surface area (Å²) in [6.45, 7) is 1.87. The number of nitrogens with zero attached hydrogens (tertiary/aromatic N) is 2. The van der Waals surface area contributed by atoms with Gasteiger partial charge in [-0.2, -0.15) is 13.7 Å². The van der Waals surface area contributed by atoms with Crippen LogP contribution in [0.25, 0.3) is 5.57 Å². The van der Waals surface area contributed by atoms with Crippen molar-refractivity contribution < 1.29 is 12.7 Å². The topological polar surface area (TPSA) is 79.5 Å². The second-order valence-corrected chi connectivity index (χ2v) is 8.01. The number of aryl methyl sites for hydroxylation is 1. The zero-order chi connectivity index (χ0) is 18.6. The summed E-state index contributed by atoms with van der Waals surface area (Å²) in [6, 6.07) is 17.7. The SMILES string of the molecule is Cc1ccc(S(=O)(=O)ON=C2C=CC(=C(C#N)c3ccccc3)S2)cc1. The molecule has 2 aromatic carbocycles. The van der Waals surface area contributed by atoms with Gasteiger partial charge in [0.1, 0.15) is 16.0 Å². The van der Waals surface area contributed by atoms with Crippen LogP contribution < -0.4 is 0 Å². The fraction of sp³-hybridized carbons (Fsp3) is 0.0526. The Morgan fingerprint density at radius 3 is 2.42 bits per heavy atom. The Balaban J connectivity index is 1.79. The molecule has 2 aromatic rings. The van der Waals surface area contributed by atoms with Crippen LogP contribution in [0.2, 0.25) is 0 Å². The number of nitriles is 1. The van der Waals surface area contributed by atoms with Gasteiger partial charge in [-0.15, -0.1) is 0 Å². The van der Waals surface area contributed by atoms with E-state index in [-0.39, 0.29) is 4.90 Å². The van der Waals surface area contributed by atoms with E-state index in [1.54, 1.807) is 24.3 Å². The van der Waals surface area contributed by atoms with Crippen LogP contribution in [0.4, 0.5) is 0 Å². The van der Waals surface area contributed by atoms with Crippen molar-refractivity contribution in [3.63, 3.8) is 0 Å². The second-order valence-electron chi connectivity index (χ2n) is 5.42. The predicted molar refractivity (Wildman–Crippen MR) is 103 cm³/mol. The third-order valence-corrected chi connectivity index (χ3v) is 5.65. The van der Waals surface area contributed by atoms with E-state index in [4.69, 9.17) is 4.28 Å². The monoisotopic (exact) mass is 382 g/mol. The van der Waals surface area contributed by atoms with Crippen molar-refractivity contribution in [2.45, 2.75) is 11.8 Å². The average Bonchev–Trinajstić information content (AvgIpc) is 3.11. The largest absolute Gasteiger partial charge is 0.358 e. The molecule has 3 rings (SSSR count). The highest BCUT2D eigenvalue weighted by atomic mass is 32.2. The van der Waals surface area contributed by atoms with Crippen molar-refractivity contribution in [1.82, 2.24) is 0 Å². The first kappa shape index (κ1) is 18.0. The normalized spacial score (nSPS) is 17.2. The van der Waals surface area contributed by atoms with Crippen LogP contribution in [0.5, 0.6) is 0 Å². The van der Waals surface area contributed by atoms with Crippen molar-refractivity contribution >= 4 is 32.5 Å². The summed E-state index contributed by atoms with van der Waals surface area (Å²) >= 11 is 1.18. The quantitative estimate of drug-likeness (QED) is 0.583. The Morgan fingerprint density at radius 2 is 1.77 bits per heavy atom. The molecule has 0 atom stereocenters. The van der Waals surface area contributed by atoms with E-state index in [2.05, 4.69) is 11.2 Å². The lowest BCUT2D eigenvalue weighted by atomic mass is 10.1. The standard InChI is InChI=1S/C19H14N2O3S2/c1-14-7-9-16(10-8-14)26(22,23)24-21-19-12-11-18(25-19)17(13-20)15-5-3-2-4-6-15/h2-12H,1H3. The van der Waals surface area contributed by atoms with Gasteiger partial charge in [-0.1, -0.05) is 64.9 Å². The van der Waals surface area contributed by atoms with E-state index in [0.29, 0.717) is 15.5 Å². The highest BCUT2D eigenvalue weighted by Gasteiger charge is 2.19. The van der Waals surface area contributed by atoms with Crippen LogP contribution in [0.3, 0.4) is 0 Å². The van der Waals surface area contributed by atoms with Gasteiger partial charge >= 0.3 is 10.1 Å². The number of hydrogen-bond donors (Lipinski definition) is 0. The lowest BCUT2D eigenvalue weighted by Gasteiger charge is -2.03. The van der Waals surface area contributed by atoms with Crippen LogP contribution >= 0.6 is 11.8 Å². The molecule has 26 heavy (non-hydrogen) atoms. The van der Waals surface area contributed by atoms with Gasteiger partial charge in [-0.05, 0) is 36.8 Å². The van der Waals surface area contributed by atoms with E-state index < -0.39 is 10.1 Å². The minimum Gasteiger partial charge on any atom is -0.264 e. The summed E-state index contributed by atoms with van der Waals surface area (Å²) in [7, 11) is -3.98. The van der Waals surface area contributed by atoms with E-state index in [1.807, 2.05) is 37.3 Å². The van der Waals surface area contributed by atoms with Gasteiger partial charge in [-0.3, -0.25) is 4.28 Å². The van der Waals surface area contributed by atoms with Gasteiger partial charge in [0.25, 0.3) is 0 Å². The fourth-order valence-electron chi connectivity index (χ4n) is 2.21. The summed E-state index contributed by atoms with van der Waals surface area (Å²) in [5.74, 6) is 0. The molecule has 0 unspecified atom stereocenters. The Labute approximate surface area is 156 Å². The molecule has 0 saturated carbocycles. The zero-order valence-electron chi connectivity index (χ0n) is 13.8. The third kappa shape index (κ3) is 4.04. The maximum absolute atomic E-state index is 12.2. The molecule has 0 aromatic heterocycles. The summed E-state index contributed by atoms with van der Waals surface area (Å²) < 4.78 is 29.1. The Kier molecular flexibility index (Phi) is 5.26. The maximum atomic E-state index is 12.2. The minimum absolute atomic E-state index is 0.0391. The Bertz CT molecular complexity index is 1050. The van der Waals surface area contributed by atoms with Gasteiger partial charge < -0.3 is 0 Å². The van der Waals surface area contributed by atoms with Gasteiger partial charge in [0.15, 0.2) is 0 Å². The van der Waals surface area contributed by atoms with Crippen molar-refractivity contribution in [2.75, 3.05) is 0 Å². The van der Waals surface area contributed by atoms with Crippen molar-refractivity contribution in [1.29, 1.82) is 5.26 Å². The first-order chi connectivity index (χ1) is 12.5. The highest BCUT2D eigenvalue weighted by Crippen LogP contribution is 2.34. The van der Waals surface area contributed by atoms with Crippen LogP contribution in [-0.2, 0) is 14.4 Å². The van der Waals surface area contributed by atoms with Gasteiger partial charge in [0.05, 0.1) is 5.57 Å². The number of oxime groups is 1. The number of rotatable bonds is 4. The molecule has 7 heteroatoms. The minimum atomic E-state index is -3.98. The molecule has 0 saturated heterocycles. The van der Waals surface area contributed by atoms with Crippen LogP contribution in [-0.4, -0.2) is 13.5 Å². The van der Waals surface area contributed by atoms with E-state index in [0.717, 1.165) is 11.1 Å². The number of allylic oxidation sites excluding steroid dienone is 2. The second kappa shape index (κ2) is 7.60. The highest BCUT2D eigenvalue weighted by molar-refractivity contribution is 8.18. The van der Waals surface area contributed by atoms with E-state index in [1.165, 1.54) is 23.9 Å². The number of hydrogen-bond acceptors (Lipinski definition) is 6. The molecule has 0 fully saturated rings. The molecule has 1 aliphatic heterocycles. The first-order valence-electron chi connectivity index (χ1n) is 7.63. The molecular weight excluding hydrogens is 368 g/mol. The molecule has 0 N–H and O–H groups in total. The molecule has 0 amide bonds. The first-order valence-corrected chi connectivity index (χ1v) is 9.86. The molecule has 0 bridgehead atoms. The zero-order valence-corrected chi connectivity index (χ0v) is 15.4. The van der Waals surface area contributed by atoms with Crippen LogP contribution in [0.15, 0.2) is 81.7 Å². The molecular formula is C19H14N2O3S2. The van der Waals surface area contributed by atoms with Gasteiger partial charge in [0.2, 0.25) is 0 Å². The molecule has 5 nitrogen and oxygen atoms in total. The maximum Gasteiger partial charge on any atom is 0.358 e. The van der Waals surface area contributed by atoms with Crippen LogP contribution in [0, 0.1) is 18.3 Å². The molecule has 1 aliphatic rings. The third-order valence-electron chi connectivity index (χ3n) is 3.55. The lowest BCUT2D eigenvalue weighted by Crippen LogP contribution is -2.03. The lowest BCUT2D eigenvalue weighted by molar-refractivity contribution is 0.340. The number of thioether (sulfide) groups is 1. The van der Waals surface area contributed by atoms with Crippen LogP contribution in [0.1, 0.15) is 11.1 Å². The van der Waals surface area contributed by atoms with E-state index in [9.17, 15) is 13.7 Å². The van der Waals surface area contributed by atoms with Crippen molar-refractivity contribution in [2.24, 2.45) is 5.16 Å². The van der Waals surface area contributed by atoms with Crippen molar-refractivity contribution in [3.05, 3.63) is 82.8 Å². The number of benzene rings is 2. The molecule has 0 radical (unpaired) electrons. The summed E-state index contributed by atoms with van der Waals surface area (Å²) in [5.41, 5.74) is 2.24. The summed E-state index contributed by atoms with van der Waals surface area (Å²) in [4.78, 5) is 0.728. The predicted octanol–water partition coefficient (Wildman–Crippen LogP) is 4.25. The van der Waals surface area contributed by atoms with Gasteiger partial charge in [0, 0.05) is 4.91 Å². The summed E-state index contributed by atoms with van der Waals surface area (Å²) in [6.07, 6.45) is 3.34. The molecule has 0 spiro atoms. The van der Waals surface area contributed by atoms with Crippen molar-refractivity contribution in [3.8, 4) is 6.07 Å².